The summed E-state index contributed by atoms with van der Waals surface area (Å²) in [5, 5.41) is 5.36. The molecule has 0 saturated heterocycles. The average Bonchev–Trinajstić information content (AvgIpc) is 2.73. The molecule has 1 aromatic heterocycles. The second-order valence-corrected chi connectivity index (χ2v) is 7.99. The van der Waals surface area contributed by atoms with Crippen LogP contribution in [-0.2, 0) is 9.59 Å². The van der Waals surface area contributed by atoms with E-state index in [1.807, 2.05) is 48.5 Å². The smallest absolute Gasteiger partial charge is 0.249 e. The van der Waals surface area contributed by atoms with E-state index in [0.717, 1.165) is 20.1 Å². The Labute approximate surface area is 191 Å². The van der Waals surface area contributed by atoms with Gasteiger partial charge in [-0.15, -0.1) is 0 Å². The molecular weight excluding hydrogens is 510 g/mol. The molecule has 30 heavy (non-hydrogen) atoms. The molecule has 0 saturated carbocycles. The van der Waals surface area contributed by atoms with Crippen LogP contribution in [0.2, 0.25) is 0 Å². The lowest BCUT2D eigenvalue weighted by molar-refractivity contribution is -0.112. The molecule has 0 bridgehead atoms. The maximum Gasteiger partial charge on any atom is 0.249 e. The molecule has 0 aliphatic rings. The van der Waals surface area contributed by atoms with Crippen LogP contribution in [0.5, 0.6) is 0 Å². The number of hydrogen-bond donors (Lipinski definition) is 2. The van der Waals surface area contributed by atoms with E-state index in [2.05, 4.69) is 47.5 Å². The summed E-state index contributed by atoms with van der Waals surface area (Å²) in [6.45, 7) is 0. The van der Waals surface area contributed by atoms with Gasteiger partial charge in [0.25, 0.3) is 0 Å². The Kier molecular flexibility index (Phi) is 7.70. The lowest BCUT2D eigenvalue weighted by atomic mass is 10.2. The Morgan fingerprint density at radius 3 is 1.47 bits per heavy atom. The van der Waals surface area contributed by atoms with Crippen LogP contribution < -0.4 is 10.6 Å². The Morgan fingerprint density at radius 1 is 0.667 bits per heavy atom. The van der Waals surface area contributed by atoms with Crippen molar-refractivity contribution in [3.8, 4) is 0 Å². The zero-order chi connectivity index (χ0) is 21.3. The van der Waals surface area contributed by atoms with Crippen molar-refractivity contribution in [1.29, 1.82) is 0 Å². The quantitative estimate of drug-likeness (QED) is 0.392. The number of carbonyl (C=O) groups is 2. The van der Waals surface area contributed by atoms with Gasteiger partial charge in [-0.3, -0.25) is 9.59 Å². The summed E-state index contributed by atoms with van der Waals surface area (Å²) in [5.41, 5.74) is 1.81. The number of nitrogens with one attached hydrogen (secondary N) is 2. The molecule has 2 N–H and O–H groups in total. The van der Waals surface area contributed by atoms with Gasteiger partial charge in [0, 0.05) is 21.1 Å². The van der Waals surface area contributed by atoms with Crippen LogP contribution in [-0.4, -0.2) is 16.8 Å². The van der Waals surface area contributed by atoms with Crippen molar-refractivity contribution >= 4 is 67.5 Å². The summed E-state index contributed by atoms with van der Waals surface area (Å²) in [7, 11) is 0. The van der Waals surface area contributed by atoms with Crippen LogP contribution in [0.3, 0.4) is 0 Å². The number of benzene rings is 2. The molecule has 0 aliphatic heterocycles. The van der Waals surface area contributed by atoms with Crippen LogP contribution in [0.4, 0.5) is 11.6 Å². The van der Waals surface area contributed by atoms with Gasteiger partial charge in [0.15, 0.2) is 0 Å². The van der Waals surface area contributed by atoms with Gasteiger partial charge in [0.2, 0.25) is 11.8 Å². The van der Waals surface area contributed by atoms with E-state index < -0.39 is 0 Å². The van der Waals surface area contributed by atoms with Gasteiger partial charge < -0.3 is 10.6 Å². The van der Waals surface area contributed by atoms with Gasteiger partial charge in [0.05, 0.1) is 0 Å². The normalized spacial score (nSPS) is 11.0. The highest BCUT2D eigenvalue weighted by molar-refractivity contribution is 9.10. The minimum Gasteiger partial charge on any atom is -0.307 e. The highest BCUT2D eigenvalue weighted by atomic mass is 79.9. The van der Waals surface area contributed by atoms with E-state index in [4.69, 9.17) is 0 Å². The number of pyridine rings is 1. The maximum atomic E-state index is 12.1. The van der Waals surface area contributed by atoms with Gasteiger partial charge in [-0.25, -0.2) is 4.98 Å². The van der Waals surface area contributed by atoms with E-state index in [9.17, 15) is 9.59 Å². The first-order chi connectivity index (χ1) is 14.5. The number of hydrogen-bond acceptors (Lipinski definition) is 3. The molecule has 7 heteroatoms. The zero-order valence-corrected chi connectivity index (χ0v) is 18.9. The largest absolute Gasteiger partial charge is 0.307 e. The fourth-order valence-electron chi connectivity index (χ4n) is 2.40. The Balaban J connectivity index is 1.57. The van der Waals surface area contributed by atoms with E-state index in [1.54, 1.807) is 30.4 Å². The highest BCUT2D eigenvalue weighted by Gasteiger charge is 2.03. The molecule has 0 radical (unpaired) electrons. The summed E-state index contributed by atoms with van der Waals surface area (Å²) in [6, 6.07) is 20.2. The van der Waals surface area contributed by atoms with Gasteiger partial charge in [-0.05, 0) is 59.7 Å². The van der Waals surface area contributed by atoms with E-state index in [1.165, 1.54) is 12.2 Å². The third-order valence-corrected chi connectivity index (χ3v) is 4.90. The molecular formula is C23H17Br2N3O2. The monoisotopic (exact) mass is 525 g/mol. The summed E-state index contributed by atoms with van der Waals surface area (Å²) in [6.07, 6.45) is 6.27. The van der Waals surface area contributed by atoms with Crippen LogP contribution in [0.25, 0.3) is 12.2 Å². The van der Waals surface area contributed by atoms with Gasteiger partial charge in [-0.1, -0.05) is 62.2 Å². The van der Waals surface area contributed by atoms with Crippen molar-refractivity contribution in [2.24, 2.45) is 0 Å². The standard InChI is InChI=1S/C23H17Br2N3O2/c24-18-10-4-16(5-11-18)8-14-22(29)27-20-2-1-3-21(26-20)28-23(30)15-9-17-6-12-19(25)13-7-17/h1-15H,(H2,26,27,28,29,30)/b14-8-,15-9-. The first-order valence-electron chi connectivity index (χ1n) is 8.94. The molecule has 0 atom stereocenters. The predicted molar refractivity (Wildman–Crippen MR) is 128 cm³/mol. The molecule has 0 unspecified atom stereocenters. The van der Waals surface area contributed by atoms with Gasteiger partial charge in [0.1, 0.15) is 11.6 Å². The molecule has 0 spiro atoms. The molecule has 2 amide bonds. The van der Waals surface area contributed by atoms with Gasteiger partial charge in [-0.2, -0.15) is 0 Å². The SMILES string of the molecule is O=C(/C=C\c1ccc(Br)cc1)Nc1cccc(NC(=O)/C=C\c2ccc(Br)cc2)n1. The number of aromatic nitrogens is 1. The Morgan fingerprint density at radius 2 is 1.07 bits per heavy atom. The number of amides is 2. The predicted octanol–water partition coefficient (Wildman–Crippen LogP) is 5.91. The Bertz CT molecular complexity index is 1010. The first kappa shape index (κ1) is 21.7. The molecule has 0 aliphatic carbocycles. The third-order valence-electron chi connectivity index (χ3n) is 3.85. The number of carbonyl (C=O) groups excluding carboxylic acids is 2. The average molecular weight is 527 g/mol. The summed E-state index contributed by atoms with van der Waals surface area (Å²) < 4.78 is 1.94. The minimum atomic E-state index is -0.316. The van der Waals surface area contributed by atoms with Crippen LogP contribution in [0, 0.1) is 0 Å². The molecule has 3 aromatic rings. The first-order valence-corrected chi connectivity index (χ1v) is 10.5. The van der Waals surface area contributed by atoms with Crippen LogP contribution in [0.15, 0.2) is 87.8 Å². The number of halogens is 2. The van der Waals surface area contributed by atoms with Crippen LogP contribution in [0.1, 0.15) is 11.1 Å². The lowest BCUT2D eigenvalue weighted by Gasteiger charge is -2.05. The van der Waals surface area contributed by atoms with Gasteiger partial charge >= 0.3 is 0 Å². The number of anilines is 2. The van der Waals surface area contributed by atoms with Crippen molar-refractivity contribution in [2.45, 2.75) is 0 Å². The van der Waals surface area contributed by atoms with E-state index in [0.29, 0.717) is 11.6 Å². The summed E-state index contributed by atoms with van der Waals surface area (Å²) in [5.74, 6) is 0.0540. The van der Waals surface area contributed by atoms with Crippen LogP contribution >= 0.6 is 31.9 Å². The third kappa shape index (κ3) is 7.09. The minimum absolute atomic E-state index is 0.316. The fourth-order valence-corrected chi connectivity index (χ4v) is 2.93. The molecule has 150 valence electrons. The zero-order valence-electron chi connectivity index (χ0n) is 15.7. The lowest BCUT2D eigenvalue weighted by Crippen LogP contribution is -2.12. The van der Waals surface area contributed by atoms with Crippen molar-refractivity contribution in [2.75, 3.05) is 10.6 Å². The topological polar surface area (TPSA) is 71.1 Å². The summed E-state index contributed by atoms with van der Waals surface area (Å²) >= 11 is 6.74. The highest BCUT2D eigenvalue weighted by Crippen LogP contribution is 2.13. The van der Waals surface area contributed by atoms with Crippen molar-refractivity contribution in [1.82, 2.24) is 4.98 Å². The molecule has 0 fully saturated rings. The number of rotatable bonds is 6. The fraction of sp³-hybridized carbons (Fsp3) is 0. The maximum absolute atomic E-state index is 12.1. The van der Waals surface area contributed by atoms with Crippen molar-refractivity contribution < 1.29 is 9.59 Å². The second kappa shape index (κ2) is 10.7. The van der Waals surface area contributed by atoms with Crippen molar-refractivity contribution in [3.63, 3.8) is 0 Å². The number of nitrogens with zero attached hydrogens (tertiary/aromatic N) is 1. The second-order valence-electron chi connectivity index (χ2n) is 6.16. The van der Waals surface area contributed by atoms with Crippen molar-refractivity contribution in [3.05, 3.63) is 99.0 Å². The molecule has 3 rings (SSSR count). The summed E-state index contributed by atoms with van der Waals surface area (Å²) in [4.78, 5) is 28.5. The Hall–Kier alpha value is -3.03. The van der Waals surface area contributed by atoms with E-state index in [-0.39, 0.29) is 11.8 Å². The molecule has 5 nitrogen and oxygen atoms in total. The molecule has 1 heterocycles. The molecule has 2 aromatic carbocycles. The van der Waals surface area contributed by atoms with E-state index >= 15 is 0 Å².